The first kappa shape index (κ1) is 32.8. The van der Waals surface area contributed by atoms with Gasteiger partial charge in [0.25, 0.3) is 0 Å². The first-order valence-electron chi connectivity index (χ1n) is 14.6. The number of allylic oxidation sites excluding steroid dienone is 1. The molecular formula is C28H46N4O8S. The molecule has 0 spiro atoms. The number of carboxylic acids is 1. The summed E-state index contributed by atoms with van der Waals surface area (Å²) in [7, 11) is -3.37. The number of hydrogen-bond acceptors (Lipinski definition) is 7. The average Bonchev–Trinajstić information content (AvgIpc) is 3.19. The van der Waals surface area contributed by atoms with Crippen LogP contribution in [0.1, 0.15) is 79.1 Å². The van der Waals surface area contributed by atoms with Crippen molar-refractivity contribution in [2.45, 2.75) is 96.7 Å². The number of carbonyl (C=O) groups excluding carboxylic acids is 3. The number of ether oxygens (including phenoxy) is 1. The van der Waals surface area contributed by atoms with E-state index in [1.807, 2.05) is 32.9 Å². The number of sulfonamides is 1. The zero-order valence-corrected chi connectivity index (χ0v) is 25.5. The number of aliphatic carboxylic acids is 1. The number of carbonyl (C=O) groups is 4. The van der Waals surface area contributed by atoms with Crippen molar-refractivity contribution in [3.8, 4) is 0 Å². The van der Waals surface area contributed by atoms with Crippen molar-refractivity contribution < 1.29 is 37.4 Å². The Morgan fingerprint density at radius 1 is 1.15 bits per heavy atom. The fourth-order valence-corrected chi connectivity index (χ4v) is 6.89. The van der Waals surface area contributed by atoms with Gasteiger partial charge in [0.05, 0.1) is 12.3 Å². The molecule has 3 rings (SSSR count). The predicted octanol–water partition coefficient (Wildman–Crippen LogP) is 2.25. The van der Waals surface area contributed by atoms with Crippen molar-refractivity contribution in [1.82, 2.24) is 19.8 Å². The number of amides is 3. The molecule has 3 amide bonds. The molecule has 0 aromatic heterocycles. The van der Waals surface area contributed by atoms with E-state index in [9.17, 15) is 32.7 Å². The third kappa shape index (κ3) is 8.43. The zero-order chi connectivity index (χ0) is 30.4. The largest absolute Gasteiger partial charge is 0.479 e. The van der Waals surface area contributed by atoms with Gasteiger partial charge in [-0.15, -0.1) is 0 Å². The van der Waals surface area contributed by atoms with Gasteiger partial charge < -0.3 is 25.4 Å². The third-order valence-corrected chi connectivity index (χ3v) is 10.1. The lowest BCUT2D eigenvalue weighted by molar-refractivity contribution is -0.145. The first-order chi connectivity index (χ1) is 19.2. The Kier molecular flexibility index (Phi) is 10.8. The minimum Gasteiger partial charge on any atom is -0.479 e. The summed E-state index contributed by atoms with van der Waals surface area (Å²) in [6.07, 6.45) is 8.14. The van der Waals surface area contributed by atoms with E-state index in [0.29, 0.717) is 38.8 Å². The Balaban J connectivity index is 1.53. The molecule has 0 radical (unpaired) electrons. The molecule has 2 unspecified atom stereocenters. The second-order valence-corrected chi connectivity index (χ2v) is 14.5. The van der Waals surface area contributed by atoms with Crippen LogP contribution in [0.15, 0.2) is 12.2 Å². The molecule has 0 aromatic carbocycles. The summed E-state index contributed by atoms with van der Waals surface area (Å²) in [6.45, 7) is 7.93. The quantitative estimate of drug-likeness (QED) is 0.215. The van der Waals surface area contributed by atoms with Crippen LogP contribution in [-0.2, 0) is 29.1 Å². The van der Waals surface area contributed by atoms with Gasteiger partial charge >= 0.3 is 12.1 Å². The van der Waals surface area contributed by atoms with Gasteiger partial charge in [-0.2, -0.15) is 4.31 Å². The second-order valence-electron chi connectivity index (χ2n) is 12.4. The average molecular weight is 599 g/mol. The van der Waals surface area contributed by atoms with Crippen LogP contribution in [-0.4, -0.2) is 96.2 Å². The molecule has 2 heterocycles. The van der Waals surface area contributed by atoms with E-state index in [1.165, 1.54) is 9.21 Å². The zero-order valence-electron chi connectivity index (χ0n) is 24.7. The summed E-state index contributed by atoms with van der Waals surface area (Å²) < 4.78 is 31.3. The number of rotatable bonds is 13. The van der Waals surface area contributed by atoms with E-state index in [2.05, 4.69) is 17.6 Å². The molecule has 3 fully saturated rings. The molecule has 3 aliphatic rings. The van der Waals surface area contributed by atoms with E-state index < -0.39 is 63.5 Å². The van der Waals surface area contributed by atoms with Crippen LogP contribution in [0.3, 0.4) is 0 Å². The molecule has 232 valence electrons. The summed E-state index contributed by atoms with van der Waals surface area (Å²) >= 11 is 0. The SMILES string of the molecule is CCCCC/C=C\C1C[C@]1(NC(=O)[C@@H]1CCCN1C(=O)CNC(=O)OC(CN1CCCS1(=O)=O)C(C)(C)C)C(=O)O. The summed E-state index contributed by atoms with van der Waals surface area (Å²) in [5.74, 6) is -2.31. The van der Waals surface area contributed by atoms with Gasteiger partial charge in [0.2, 0.25) is 21.8 Å². The third-order valence-electron chi connectivity index (χ3n) is 8.13. The summed E-state index contributed by atoms with van der Waals surface area (Å²) in [6, 6.07) is -0.825. The monoisotopic (exact) mass is 598 g/mol. The normalized spacial score (nSPS) is 26.6. The van der Waals surface area contributed by atoms with Gasteiger partial charge in [-0.3, -0.25) is 9.59 Å². The highest BCUT2D eigenvalue weighted by molar-refractivity contribution is 7.89. The highest BCUT2D eigenvalue weighted by atomic mass is 32.2. The lowest BCUT2D eigenvalue weighted by Gasteiger charge is -2.33. The van der Waals surface area contributed by atoms with Crippen LogP contribution in [0.2, 0.25) is 0 Å². The highest BCUT2D eigenvalue weighted by Gasteiger charge is 2.61. The molecule has 3 N–H and O–H groups in total. The topological polar surface area (TPSA) is 162 Å². The number of unbranched alkanes of at least 4 members (excludes halogenated alkanes) is 3. The standard InChI is InChI=1S/C28H46N4O8S/c1-5-6-7-8-9-12-20-17-28(20,25(35)36)30-24(34)21-13-10-15-32(21)23(33)18-29-26(37)40-22(27(2,3)4)19-31-14-11-16-41(31,38)39/h9,12,20-22H,5-8,10-11,13-19H2,1-4H3,(H,29,37)(H,30,34)(H,35,36)/b12-9-/t20?,21-,22?,28+/m0/s1. The van der Waals surface area contributed by atoms with Crippen LogP contribution in [0.25, 0.3) is 0 Å². The number of carboxylic acid groups (broad SMARTS) is 1. The van der Waals surface area contributed by atoms with Gasteiger partial charge in [0.15, 0.2) is 0 Å². The molecule has 41 heavy (non-hydrogen) atoms. The molecule has 2 saturated heterocycles. The molecule has 0 aromatic rings. The molecule has 2 aliphatic heterocycles. The molecule has 4 atom stereocenters. The number of hydrogen-bond donors (Lipinski definition) is 3. The molecule has 1 saturated carbocycles. The predicted molar refractivity (Wildman–Crippen MR) is 152 cm³/mol. The Morgan fingerprint density at radius 3 is 2.49 bits per heavy atom. The smallest absolute Gasteiger partial charge is 0.407 e. The lowest BCUT2D eigenvalue weighted by atomic mass is 9.89. The fraction of sp³-hybridized carbons (Fsp3) is 0.786. The number of alkyl carbamates (subject to hydrolysis) is 1. The molecule has 12 nitrogen and oxygen atoms in total. The van der Waals surface area contributed by atoms with E-state index in [0.717, 1.165) is 25.7 Å². The molecular weight excluding hydrogens is 552 g/mol. The van der Waals surface area contributed by atoms with Crippen LogP contribution in [0.5, 0.6) is 0 Å². The molecule has 0 bridgehead atoms. The van der Waals surface area contributed by atoms with Gasteiger partial charge in [0, 0.05) is 24.4 Å². The van der Waals surface area contributed by atoms with Crippen molar-refractivity contribution >= 4 is 33.9 Å². The highest BCUT2D eigenvalue weighted by Crippen LogP contribution is 2.45. The second kappa shape index (κ2) is 13.5. The number of nitrogens with one attached hydrogen (secondary N) is 2. The lowest BCUT2D eigenvalue weighted by Crippen LogP contribution is -2.54. The van der Waals surface area contributed by atoms with Crippen LogP contribution in [0.4, 0.5) is 4.79 Å². The first-order valence-corrected chi connectivity index (χ1v) is 16.3. The van der Waals surface area contributed by atoms with Gasteiger partial charge in [-0.1, -0.05) is 52.7 Å². The minimum atomic E-state index is -3.37. The van der Waals surface area contributed by atoms with Crippen molar-refractivity contribution in [3.63, 3.8) is 0 Å². The van der Waals surface area contributed by atoms with Crippen LogP contribution in [0, 0.1) is 11.3 Å². The van der Waals surface area contributed by atoms with E-state index >= 15 is 0 Å². The van der Waals surface area contributed by atoms with E-state index in [1.54, 1.807) is 0 Å². The number of likely N-dealkylation sites (tertiary alicyclic amines) is 1. The summed E-state index contributed by atoms with van der Waals surface area (Å²) in [4.78, 5) is 52.1. The van der Waals surface area contributed by atoms with E-state index in [4.69, 9.17) is 4.74 Å². The maximum absolute atomic E-state index is 13.1. The van der Waals surface area contributed by atoms with Gasteiger partial charge in [-0.05, 0) is 38.5 Å². The van der Waals surface area contributed by atoms with Crippen LogP contribution >= 0.6 is 0 Å². The molecule has 13 heteroatoms. The maximum Gasteiger partial charge on any atom is 0.407 e. The van der Waals surface area contributed by atoms with E-state index in [-0.39, 0.29) is 18.2 Å². The summed E-state index contributed by atoms with van der Waals surface area (Å²) in [5, 5.41) is 15.0. The minimum absolute atomic E-state index is 0.0296. The fourth-order valence-electron chi connectivity index (χ4n) is 5.37. The van der Waals surface area contributed by atoms with Crippen molar-refractivity contribution in [3.05, 3.63) is 12.2 Å². The maximum atomic E-state index is 13.1. The van der Waals surface area contributed by atoms with Gasteiger partial charge in [-0.25, -0.2) is 18.0 Å². The Hall–Kier alpha value is -2.67. The van der Waals surface area contributed by atoms with Crippen molar-refractivity contribution in [1.29, 1.82) is 0 Å². The Bertz CT molecular complexity index is 1120. The Labute approximate surface area is 243 Å². The summed E-state index contributed by atoms with van der Waals surface area (Å²) in [5.41, 5.74) is -1.91. The molecule has 1 aliphatic carbocycles. The number of nitrogens with zero attached hydrogens (tertiary/aromatic N) is 2. The van der Waals surface area contributed by atoms with Crippen molar-refractivity contribution in [2.75, 3.05) is 31.9 Å². The van der Waals surface area contributed by atoms with Crippen LogP contribution < -0.4 is 10.6 Å². The Morgan fingerprint density at radius 2 is 1.88 bits per heavy atom. The van der Waals surface area contributed by atoms with Gasteiger partial charge in [0.1, 0.15) is 24.2 Å². The van der Waals surface area contributed by atoms with Crippen molar-refractivity contribution in [2.24, 2.45) is 11.3 Å².